The van der Waals surface area contributed by atoms with Crippen LogP contribution in [0.5, 0.6) is 0 Å². The predicted octanol–water partition coefficient (Wildman–Crippen LogP) is 3.99. The highest BCUT2D eigenvalue weighted by atomic mass is 16.1. The Labute approximate surface area is 153 Å². The third-order valence-corrected chi connectivity index (χ3v) is 5.83. The molecule has 26 heavy (non-hydrogen) atoms. The van der Waals surface area contributed by atoms with Crippen molar-refractivity contribution in [3.63, 3.8) is 0 Å². The minimum Gasteiger partial charge on any atom is -0.299 e. The lowest BCUT2D eigenvalue weighted by Gasteiger charge is -2.46. The van der Waals surface area contributed by atoms with Crippen molar-refractivity contribution >= 4 is 17.3 Å². The Hall–Kier alpha value is -2.74. The molecule has 2 heterocycles. The van der Waals surface area contributed by atoms with Gasteiger partial charge in [-0.15, -0.1) is 0 Å². The van der Waals surface area contributed by atoms with Crippen LogP contribution in [0, 0.1) is 29.6 Å². The molecule has 1 aromatic carbocycles. The maximum absolute atomic E-state index is 13.3. The summed E-state index contributed by atoms with van der Waals surface area (Å²) in [6.45, 7) is 8.29. The van der Waals surface area contributed by atoms with Gasteiger partial charge in [0.2, 0.25) is 0 Å². The summed E-state index contributed by atoms with van der Waals surface area (Å²) in [4.78, 5) is 18.0. The number of rotatable bonds is 1. The third-order valence-electron chi connectivity index (χ3n) is 5.83. The van der Waals surface area contributed by atoms with Gasteiger partial charge in [-0.05, 0) is 36.5 Å². The smallest absolute Gasteiger partial charge is 0.177 e. The van der Waals surface area contributed by atoms with E-state index in [1.165, 1.54) is 0 Å². The van der Waals surface area contributed by atoms with E-state index in [4.69, 9.17) is 4.99 Å². The molecule has 1 aromatic heterocycles. The van der Waals surface area contributed by atoms with Crippen LogP contribution in [-0.2, 0) is 10.2 Å². The number of carbonyl (C=O) groups is 1. The van der Waals surface area contributed by atoms with E-state index in [2.05, 4.69) is 37.0 Å². The number of nitrogens with one attached hydrogen (secondary N) is 1. The van der Waals surface area contributed by atoms with Gasteiger partial charge in [-0.2, -0.15) is 10.4 Å². The Kier molecular flexibility index (Phi) is 3.46. The van der Waals surface area contributed by atoms with Gasteiger partial charge in [0, 0.05) is 28.8 Å². The molecule has 1 saturated carbocycles. The van der Waals surface area contributed by atoms with E-state index in [0.717, 1.165) is 29.0 Å². The third kappa shape index (κ3) is 2.25. The summed E-state index contributed by atoms with van der Waals surface area (Å²) < 4.78 is 0. The highest BCUT2D eigenvalue weighted by Gasteiger charge is 2.53. The lowest BCUT2D eigenvalue weighted by atomic mass is 9.56. The Morgan fingerprint density at radius 3 is 2.77 bits per heavy atom. The predicted molar refractivity (Wildman–Crippen MR) is 99.5 cm³/mol. The van der Waals surface area contributed by atoms with Gasteiger partial charge in [-0.3, -0.25) is 9.89 Å². The number of carbonyl (C=O) groups excluding carboxylic acids is 1. The van der Waals surface area contributed by atoms with Crippen molar-refractivity contribution in [2.75, 3.05) is 0 Å². The maximum Gasteiger partial charge on any atom is 0.177 e. The number of benzene rings is 1. The SMILES string of the molecule is Cc1[nH]nc2c1C(C)(c1cccc(C#N)c1)C1C(=O)CC(C)(C)CC1=N2. The largest absolute Gasteiger partial charge is 0.299 e. The van der Waals surface area contributed by atoms with Crippen LogP contribution in [0.2, 0.25) is 0 Å². The van der Waals surface area contributed by atoms with E-state index in [-0.39, 0.29) is 17.1 Å². The molecule has 0 spiro atoms. The van der Waals surface area contributed by atoms with E-state index in [1.54, 1.807) is 6.07 Å². The van der Waals surface area contributed by atoms with Crippen LogP contribution >= 0.6 is 0 Å². The zero-order chi connectivity index (χ0) is 18.7. The quantitative estimate of drug-likeness (QED) is 0.847. The zero-order valence-electron chi connectivity index (χ0n) is 15.6. The van der Waals surface area contributed by atoms with Gasteiger partial charge in [-0.25, -0.2) is 4.99 Å². The summed E-state index contributed by atoms with van der Waals surface area (Å²) in [5.74, 6) is 0.577. The Morgan fingerprint density at radius 2 is 2.04 bits per heavy atom. The summed E-state index contributed by atoms with van der Waals surface area (Å²) in [5.41, 5.74) is 3.69. The molecule has 1 aliphatic carbocycles. The number of nitrogens with zero attached hydrogens (tertiary/aromatic N) is 3. The second kappa shape index (κ2) is 5.38. The molecule has 0 amide bonds. The molecule has 1 N–H and O–H groups in total. The number of Topliss-reactive ketones (excluding diaryl/α,β-unsaturated/α-hetero) is 1. The van der Waals surface area contributed by atoms with E-state index in [9.17, 15) is 10.1 Å². The molecule has 5 nitrogen and oxygen atoms in total. The second-order valence-electron chi connectivity index (χ2n) is 8.46. The van der Waals surface area contributed by atoms with Gasteiger partial charge in [0.25, 0.3) is 0 Å². The van der Waals surface area contributed by atoms with Crippen LogP contribution < -0.4 is 0 Å². The summed E-state index contributed by atoms with van der Waals surface area (Å²) >= 11 is 0. The minimum absolute atomic E-state index is 0.0926. The first-order valence-electron chi connectivity index (χ1n) is 8.92. The molecule has 1 fully saturated rings. The molecule has 2 atom stereocenters. The fourth-order valence-electron chi connectivity index (χ4n) is 4.80. The van der Waals surface area contributed by atoms with Crippen molar-refractivity contribution in [1.29, 1.82) is 5.26 Å². The van der Waals surface area contributed by atoms with Crippen LogP contribution in [0.1, 0.15) is 56.0 Å². The molecule has 0 bridgehead atoms. The second-order valence-corrected chi connectivity index (χ2v) is 8.46. The van der Waals surface area contributed by atoms with E-state index in [0.29, 0.717) is 17.8 Å². The van der Waals surface area contributed by atoms with Crippen LogP contribution in [0.25, 0.3) is 0 Å². The van der Waals surface area contributed by atoms with Crippen molar-refractivity contribution in [2.45, 2.75) is 46.0 Å². The number of aromatic nitrogens is 2. The summed E-state index contributed by atoms with van der Waals surface area (Å²) in [7, 11) is 0. The number of aromatic amines is 1. The molecule has 0 saturated heterocycles. The highest BCUT2D eigenvalue weighted by Crippen LogP contribution is 2.52. The monoisotopic (exact) mass is 346 g/mol. The van der Waals surface area contributed by atoms with Crippen molar-refractivity contribution in [1.82, 2.24) is 10.2 Å². The minimum atomic E-state index is -0.579. The van der Waals surface area contributed by atoms with Crippen molar-refractivity contribution in [3.8, 4) is 6.07 Å². The number of aryl methyl sites for hydroxylation is 1. The zero-order valence-corrected chi connectivity index (χ0v) is 15.6. The lowest BCUT2D eigenvalue weighted by molar-refractivity contribution is -0.125. The molecule has 1 aliphatic heterocycles. The number of hydrogen-bond donors (Lipinski definition) is 1. The fraction of sp³-hybridized carbons (Fsp3) is 0.429. The molecule has 5 heteroatoms. The van der Waals surface area contributed by atoms with E-state index in [1.807, 2.05) is 25.1 Å². The molecule has 2 aromatic rings. The number of ketones is 1. The molecule has 4 rings (SSSR count). The molecular formula is C21H22N4O. The highest BCUT2D eigenvalue weighted by molar-refractivity contribution is 6.11. The maximum atomic E-state index is 13.3. The molecule has 2 unspecified atom stereocenters. The van der Waals surface area contributed by atoms with E-state index >= 15 is 0 Å². The van der Waals surface area contributed by atoms with Crippen molar-refractivity contribution < 1.29 is 4.79 Å². The first kappa shape index (κ1) is 16.7. The number of hydrogen-bond acceptors (Lipinski definition) is 4. The van der Waals surface area contributed by atoms with Crippen LogP contribution in [-0.4, -0.2) is 21.7 Å². The first-order chi connectivity index (χ1) is 12.3. The Balaban J connectivity index is 2.00. The standard InChI is InChI=1S/C21H22N4O/c1-12-17-19(25-24-12)23-15-9-20(2,3)10-16(26)18(15)21(17,4)14-7-5-6-13(8-14)11-22/h5-8,18H,9-10H2,1-4H3,(H,24,25). The Morgan fingerprint density at radius 1 is 1.27 bits per heavy atom. The summed E-state index contributed by atoms with van der Waals surface area (Å²) in [6.07, 6.45) is 1.32. The number of fused-ring (bicyclic) bond motifs is 2. The average molecular weight is 346 g/mol. The lowest BCUT2D eigenvalue weighted by Crippen LogP contribution is -2.50. The average Bonchev–Trinajstić information content (AvgIpc) is 2.94. The number of aliphatic imine (C=N–C) groups is 1. The summed E-state index contributed by atoms with van der Waals surface area (Å²) in [5, 5.41) is 16.8. The molecule has 2 aliphatic rings. The van der Waals surface area contributed by atoms with Gasteiger partial charge in [0.1, 0.15) is 5.78 Å². The van der Waals surface area contributed by atoms with Crippen LogP contribution in [0.3, 0.4) is 0 Å². The molecule has 132 valence electrons. The van der Waals surface area contributed by atoms with Gasteiger partial charge in [-0.1, -0.05) is 32.9 Å². The van der Waals surface area contributed by atoms with Gasteiger partial charge in [0.15, 0.2) is 5.82 Å². The van der Waals surface area contributed by atoms with Crippen LogP contribution in [0.15, 0.2) is 29.3 Å². The Bertz CT molecular complexity index is 992. The van der Waals surface area contributed by atoms with Gasteiger partial charge in [0.05, 0.1) is 17.6 Å². The topological polar surface area (TPSA) is 81.9 Å². The normalized spacial score (nSPS) is 26.5. The number of nitriles is 1. The van der Waals surface area contributed by atoms with Crippen LogP contribution in [0.4, 0.5) is 5.82 Å². The van der Waals surface area contributed by atoms with Gasteiger partial charge < -0.3 is 0 Å². The van der Waals surface area contributed by atoms with Gasteiger partial charge >= 0.3 is 0 Å². The van der Waals surface area contributed by atoms with Crippen molar-refractivity contribution in [3.05, 3.63) is 46.6 Å². The summed E-state index contributed by atoms with van der Waals surface area (Å²) in [6, 6.07) is 9.79. The fourth-order valence-corrected chi connectivity index (χ4v) is 4.80. The number of H-pyrrole nitrogens is 1. The molecular weight excluding hydrogens is 324 g/mol. The van der Waals surface area contributed by atoms with E-state index < -0.39 is 5.41 Å². The molecule has 0 radical (unpaired) electrons. The van der Waals surface area contributed by atoms with Crippen molar-refractivity contribution in [2.24, 2.45) is 16.3 Å². The first-order valence-corrected chi connectivity index (χ1v) is 8.92.